The molecule has 128 valence electrons. The fraction of sp³-hybridized carbons (Fsp3) is 0.412. The highest BCUT2D eigenvalue weighted by atomic mass is 19.4. The molecule has 1 saturated heterocycles. The first kappa shape index (κ1) is 16.5. The Morgan fingerprint density at radius 2 is 1.88 bits per heavy atom. The van der Waals surface area contributed by atoms with Gasteiger partial charge in [0.25, 0.3) is 5.91 Å². The summed E-state index contributed by atoms with van der Waals surface area (Å²) < 4.78 is 40.8. The average molecular weight is 337 g/mol. The molecule has 7 heteroatoms. The maximum atomic E-state index is 13.0. The fourth-order valence-corrected chi connectivity index (χ4v) is 3.15. The van der Waals surface area contributed by atoms with Gasteiger partial charge in [0.05, 0.1) is 11.4 Å². The van der Waals surface area contributed by atoms with Crippen LogP contribution in [-0.4, -0.2) is 39.4 Å². The minimum Gasteiger partial charge on any atom is -0.327 e. The van der Waals surface area contributed by atoms with Gasteiger partial charge in [0.1, 0.15) is 6.04 Å². The van der Waals surface area contributed by atoms with Crippen LogP contribution in [-0.2, 0) is 0 Å². The lowest BCUT2D eigenvalue weighted by molar-refractivity contribution is -0.169. The van der Waals surface area contributed by atoms with Crippen LogP contribution in [0.15, 0.2) is 30.3 Å². The lowest BCUT2D eigenvalue weighted by Crippen LogP contribution is -2.44. The number of hydrogen-bond acceptors (Lipinski definition) is 2. The molecule has 1 fully saturated rings. The molecule has 0 bridgehead atoms. The van der Waals surface area contributed by atoms with Crippen molar-refractivity contribution in [2.45, 2.75) is 38.9 Å². The monoisotopic (exact) mass is 337 g/mol. The first-order valence-electron chi connectivity index (χ1n) is 7.79. The lowest BCUT2D eigenvalue weighted by atomic mass is 10.1. The summed E-state index contributed by atoms with van der Waals surface area (Å²) in [4.78, 5) is 13.4. The maximum absolute atomic E-state index is 13.0. The summed E-state index contributed by atoms with van der Waals surface area (Å²) in [5.74, 6) is -0.574. The predicted molar refractivity (Wildman–Crippen MR) is 83.2 cm³/mol. The van der Waals surface area contributed by atoms with E-state index < -0.39 is 18.1 Å². The Labute approximate surface area is 137 Å². The molecule has 0 spiro atoms. The number of amides is 1. The summed E-state index contributed by atoms with van der Waals surface area (Å²) in [6, 6.07) is 6.76. The van der Waals surface area contributed by atoms with E-state index in [4.69, 9.17) is 0 Å². The number of carbonyl (C=O) groups excluding carboxylic acids is 1. The van der Waals surface area contributed by atoms with Crippen molar-refractivity contribution < 1.29 is 18.0 Å². The van der Waals surface area contributed by atoms with Crippen LogP contribution >= 0.6 is 0 Å². The van der Waals surface area contributed by atoms with Crippen LogP contribution in [0.25, 0.3) is 5.69 Å². The summed E-state index contributed by atoms with van der Waals surface area (Å²) in [5, 5.41) is 4.35. The standard InChI is InChI=1S/C17H18F3N3O/c1-11-10-12(2)23(21-11)14-7-5-13(6-8-14)16(24)22-9-3-4-15(22)17(18,19)20/h5-8,10,15H,3-4,9H2,1-2H3/t15-/m0/s1. The van der Waals surface area contributed by atoms with E-state index in [2.05, 4.69) is 5.10 Å². The maximum Gasteiger partial charge on any atom is 0.408 e. The zero-order valence-corrected chi connectivity index (χ0v) is 13.5. The third-order valence-electron chi connectivity index (χ3n) is 4.26. The van der Waals surface area contributed by atoms with E-state index in [0.29, 0.717) is 6.42 Å². The van der Waals surface area contributed by atoms with Gasteiger partial charge in [-0.15, -0.1) is 0 Å². The van der Waals surface area contributed by atoms with Crippen LogP contribution in [0.3, 0.4) is 0 Å². The number of nitrogens with zero attached hydrogens (tertiary/aromatic N) is 3. The zero-order valence-electron chi connectivity index (χ0n) is 13.5. The molecular weight excluding hydrogens is 319 g/mol. The number of aromatic nitrogens is 2. The molecular formula is C17H18F3N3O. The Morgan fingerprint density at radius 1 is 1.21 bits per heavy atom. The first-order valence-corrected chi connectivity index (χ1v) is 7.79. The number of likely N-dealkylation sites (tertiary alicyclic amines) is 1. The first-order chi connectivity index (χ1) is 11.3. The van der Waals surface area contributed by atoms with E-state index in [1.807, 2.05) is 19.9 Å². The van der Waals surface area contributed by atoms with Crippen molar-refractivity contribution in [1.82, 2.24) is 14.7 Å². The van der Waals surface area contributed by atoms with Crippen molar-refractivity contribution in [3.8, 4) is 5.69 Å². The smallest absolute Gasteiger partial charge is 0.327 e. The van der Waals surface area contributed by atoms with Gasteiger partial charge in [-0.25, -0.2) is 4.68 Å². The predicted octanol–water partition coefficient (Wildman–Crippen LogP) is 3.66. The van der Waals surface area contributed by atoms with Crippen LogP contribution in [0, 0.1) is 13.8 Å². The normalized spacial score (nSPS) is 18.2. The summed E-state index contributed by atoms with van der Waals surface area (Å²) >= 11 is 0. The Bertz CT molecular complexity index is 749. The Morgan fingerprint density at radius 3 is 2.42 bits per heavy atom. The van der Waals surface area contributed by atoms with Gasteiger partial charge in [-0.2, -0.15) is 18.3 Å². The highest BCUT2D eigenvalue weighted by molar-refractivity contribution is 5.94. The molecule has 0 radical (unpaired) electrons. The minimum absolute atomic E-state index is 0.0287. The van der Waals surface area contributed by atoms with E-state index in [0.717, 1.165) is 22.0 Å². The molecule has 0 saturated carbocycles. The molecule has 0 aliphatic carbocycles. The number of rotatable bonds is 2. The van der Waals surface area contributed by atoms with Crippen LogP contribution < -0.4 is 0 Å². The molecule has 1 aliphatic heterocycles. The van der Waals surface area contributed by atoms with Gasteiger partial charge < -0.3 is 4.90 Å². The molecule has 1 amide bonds. The number of benzene rings is 1. The summed E-state index contributed by atoms with van der Waals surface area (Å²) in [5.41, 5.74) is 2.85. The van der Waals surface area contributed by atoms with Gasteiger partial charge in [0.2, 0.25) is 0 Å². The van der Waals surface area contributed by atoms with Crippen molar-refractivity contribution in [3.05, 3.63) is 47.3 Å². The molecule has 2 aromatic rings. The topological polar surface area (TPSA) is 38.1 Å². The highest BCUT2D eigenvalue weighted by Crippen LogP contribution is 2.33. The third-order valence-corrected chi connectivity index (χ3v) is 4.26. The van der Waals surface area contributed by atoms with E-state index in [9.17, 15) is 18.0 Å². The van der Waals surface area contributed by atoms with E-state index in [1.165, 1.54) is 0 Å². The molecule has 1 atom stereocenters. The second-order valence-electron chi connectivity index (χ2n) is 6.08. The van der Waals surface area contributed by atoms with E-state index in [-0.39, 0.29) is 18.5 Å². The molecule has 1 aromatic carbocycles. The van der Waals surface area contributed by atoms with Crippen LogP contribution in [0.1, 0.15) is 34.6 Å². The van der Waals surface area contributed by atoms with E-state index in [1.54, 1.807) is 28.9 Å². The summed E-state index contributed by atoms with van der Waals surface area (Å²) in [6.45, 7) is 3.94. The number of halogens is 3. The number of hydrogen-bond donors (Lipinski definition) is 0. The van der Waals surface area contributed by atoms with Crippen molar-refractivity contribution in [2.24, 2.45) is 0 Å². The van der Waals surface area contributed by atoms with Crippen molar-refractivity contribution in [2.75, 3.05) is 6.54 Å². The third kappa shape index (κ3) is 3.02. The van der Waals surface area contributed by atoms with Gasteiger partial charge in [0.15, 0.2) is 0 Å². The molecule has 2 heterocycles. The SMILES string of the molecule is Cc1cc(C)n(-c2ccc(C(=O)N3CCC[C@H]3C(F)(F)F)cc2)n1. The van der Waals surface area contributed by atoms with Gasteiger partial charge in [-0.05, 0) is 57.0 Å². The van der Waals surface area contributed by atoms with Gasteiger partial charge in [-0.3, -0.25) is 4.79 Å². The molecule has 24 heavy (non-hydrogen) atoms. The second kappa shape index (κ2) is 5.96. The molecule has 4 nitrogen and oxygen atoms in total. The molecule has 0 N–H and O–H groups in total. The molecule has 1 aliphatic rings. The molecule has 1 aromatic heterocycles. The Kier molecular flexibility index (Phi) is 4.11. The minimum atomic E-state index is -4.38. The van der Waals surface area contributed by atoms with Crippen LogP contribution in [0.4, 0.5) is 13.2 Å². The molecule has 3 rings (SSSR count). The van der Waals surface area contributed by atoms with E-state index >= 15 is 0 Å². The lowest BCUT2D eigenvalue weighted by Gasteiger charge is -2.26. The highest BCUT2D eigenvalue weighted by Gasteiger charge is 2.47. The second-order valence-corrected chi connectivity index (χ2v) is 6.08. The Hall–Kier alpha value is -2.31. The Balaban J connectivity index is 1.83. The van der Waals surface area contributed by atoms with Crippen LogP contribution in [0.5, 0.6) is 0 Å². The van der Waals surface area contributed by atoms with Crippen molar-refractivity contribution in [1.29, 1.82) is 0 Å². The quantitative estimate of drug-likeness (QED) is 0.839. The number of alkyl halides is 3. The number of carbonyl (C=O) groups is 1. The summed E-state index contributed by atoms with van der Waals surface area (Å²) in [6.07, 6.45) is -4.03. The largest absolute Gasteiger partial charge is 0.408 e. The van der Waals surface area contributed by atoms with Gasteiger partial charge in [-0.1, -0.05) is 0 Å². The van der Waals surface area contributed by atoms with Gasteiger partial charge >= 0.3 is 6.18 Å². The van der Waals surface area contributed by atoms with Crippen molar-refractivity contribution in [3.63, 3.8) is 0 Å². The zero-order chi connectivity index (χ0) is 17.5. The average Bonchev–Trinajstić information content (AvgIpc) is 3.13. The van der Waals surface area contributed by atoms with Crippen molar-refractivity contribution >= 4 is 5.91 Å². The molecule has 0 unspecified atom stereocenters. The fourth-order valence-electron chi connectivity index (χ4n) is 3.15. The van der Waals surface area contributed by atoms with Gasteiger partial charge in [0, 0.05) is 17.8 Å². The summed E-state index contributed by atoms with van der Waals surface area (Å²) in [7, 11) is 0. The number of aryl methyl sites for hydroxylation is 2. The van der Waals surface area contributed by atoms with Crippen LogP contribution in [0.2, 0.25) is 0 Å².